The number of aryl methyl sites for hydroxylation is 1. The maximum Gasteiger partial charge on any atom is 0.0672 e. The third-order valence-corrected chi connectivity index (χ3v) is 4.30. The zero-order chi connectivity index (χ0) is 15.0. The lowest BCUT2D eigenvalue weighted by Gasteiger charge is -2.27. The Morgan fingerprint density at radius 1 is 1.14 bits per heavy atom. The van der Waals surface area contributed by atoms with E-state index in [9.17, 15) is 0 Å². The molecule has 0 fully saturated rings. The summed E-state index contributed by atoms with van der Waals surface area (Å²) in [5, 5.41) is 0. The highest BCUT2D eigenvalue weighted by Gasteiger charge is 2.29. The smallest absolute Gasteiger partial charge is 0.0672 e. The van der Waals surface area contributed by atoms with E-state index in [1.54, 1.807) is 0 Å². The molecule has 0 radical (unpaired) electrons. The van der Waals surface area contributed by atoms with Gasteiger partial charge in [-0.25, -0.2) is 0 Å². The van der Waals surface area contributed by atoms with Crippen LogP contribution in [0, 0.1) is 6.92 Å². The zero-order valence-electron chi connectivity index (χ0n) is 13.0. The van der Waals surface area contributed by atoms with Gasteiger partial charge >= 0.3 is 0 Å². The highest BCUT2D eigenvalue weighted by atomic mass is 15.2. The Balaban J connectivity index is 1.93. The molecule has 2 N–H and O–H groups in total. The molecule has 0 saturated heterocycles. The van der Waals surface area contributed by atoms with Crippen LogP contribution >= 0.6 is 0 Å². The molecule has 0 saturated carbocycles. The van der Waals surface area contributed by atoms with Crippen LogP contribution in [0.5, 0.6) is 0 Å². The predicted octanol–water partition coefficient (Wildman–Crippen LogP) is 3.08. The molecule has 2 aromatic rings. The van der Waals surface area contributed by atoms with Crippen LogP contribution in [-0.4, -0.2) is 20.6 Å². The first-order valence-corrected chi connectivity index (χ1v) is 7.43. The fraction of sp³-hybridized carbons (Fsp3) is 0.333. The molecule has 1 unspecified atom stereocenters. The Labute approximate surface area is 127 Å². The fourth-order valence-electron chi connectivity index (χ4n) is 3.10. The lowest BCUT2D eigenvalue weighted by Crippen LogP contribution is -2.27. The zero-order valence-corrected chi connectivity index (χ0v) is 13.0. The van der Waals surface area contributed by atoms with E-state index in [1.807, 2.05) is 0 Å². The van der Waals surface area contributed by atoms with Crippen LogP contribution in [0.2, 0.25) is 0 Å². The number of rotatable bonds is 3. The number of nitrogens with two attached hydrogens (primary N) is 1. The molecule has 1 heterocycles. The van der Waals surface area contributed by atoms with Crippen molar-refractivity contribution in [1.29, 1.82) is 0 Å². The molecule has 1 aliphatic rings. The van der Waals surface area contributed by atoms with E-state index in [0.717, 1.165) is 6.54 Å². The van der Waals surface area contributed by atoms with Crippen molar-refractivity contribution in [2.24, 2.45) is 5.73 Å². The van der Waals surface area contributed by atoms with Gasteiger partial charge in [0.1, 0.15) is 0 Å². The van der Waals surface area contributed by atoms with E-state index in [1.165, 1.54) is 28.1 Å². The van der Waals surface area contributed by atoms with Gasteiger partial charge in [0, 0.05) is 38.6 Å². The van der Waals surface area contributed by atoms with Crippen LogP contribution in [0.15, 0.2) is 42.5 Å². The monoisotopic (exact) mass is 281 g/mol. The summed E-state index contributed by atoms with van der Waals surface area (Å²) >= 11 is 0. The number of nitrogens with zero attached hydrogens (tertiary/aromatic N) is 2. The van der Waals surface area contributed by atoms with E-state index in [4.69, 9.17) is 5.73 Å². The van der Waals surface area contributed by atoms with Gasteiger partial charge in [-0.15, -0.1) is 0 Å². The Kier molecular flexibility index (Phi) is 3.60. The first-order chi connectivity index (χ1) is 10.1. The molecule has 2 aromatic carbocycles. The highest BCUT2D eigenvalue weighted by molar-refractivity contribution is 5.60. The summed E-state index contributed by atoms with van der Waals surface area (Å²) in [7, 11) is 4.12. The van der Waals surface area contributed by atoms with Gasteiger partial charge in [0.15, 0.2) is 0 Å². The molecular weight excluding hydrogens is 258 g/mol. The topological polar surface area (TPSA) is 32.5 Å². The molecule has 0 aliphatic carbocycles. The van der Waals surface area contributed by atoms with Gasteiger partial charge in [0.25, 0.3) is 0 Å². The largest absolute Gasteiger partial charge is 0.378 e. The maximum atomic E-state index is 6.05. The van der Waals surface area contributed by atoms with E-state index in [0.29, 0.717) is 6.54 Å². The van der Waals surface area contributed by atoms with E-state index in [-0.39, 0.29) is 6.04 Å². The molecule has 0 bridgehead atoms. The highest BCUT2D eigenvalue weighted by Crippen LogP contribution is 2.37. The van der Waals surface area contributed by atoms with Crippen LogP contribution < -0.4 is 15.5 Å². The van der Waals surface area contributed by atoms with Crippen LogP contribution in [-0.2, 0) is 6.54 Å². The number of hydrogen-bond acceptors (Lipinski definition) is 3. The van der Waals surface area contributed by atoms with Crippen LogP contribution in [0.1, 0.15) is 22.7 Å². The quantitative estimate of drug-likeness (QED) is 0.938. The molecule has 1 aliphatic heterocycles. The second kappa shape index (κ2) is 5.41. The summed E-state index contributed by atoms with van der Waals surface area (Å²) in [6.45, 7) is 3.73. The van der Waals surface area contributed by atoms with Crippen molar-refractivity contribution in [1.82, 2.24) is 0 Å². The summed E-state index contributed by atoms with van der Waals surface area (Å²) in [4.78, 5) is 4.52. The van der Waals surface area contributed by atoms with E-state index in [2.05, 4.69) is 73.3 Å². The van der Waals surface area contributed by atoms with Gasteiger partial charge in [-0.1, -0.05) is 23.8 Å². The molecule has 0 spiro atoms. The third-order valence-electron chi connectivity index (χ3n) is 4.30. The molecular formula is C18H23N3. The minimum Gasteiger partial charge on any atom is -0.378 e. The first kappa shape index (κ1) is 14.0. The van der Waals surface area contributed by atoms with Crippen LogP contribution in [0.4, 0.5) is 11.4 Å². The fourth-order valence-corrected chi connectivity index (χ4v) is 3.10. The average Bonchev–Trinajstić information content (AvgIpc) is 2.85. The molecule has 1 atom stereocenters. The number of anilines is 2. The van der Waals surface area contributed by atoms with Crippen molar-refractivity contribution < 1.29 is 0 Å². The molecule has 3 nitrogen and oxygen atoms in total. The second-order valence-electron chi connectivity index (χ2n) is 5.99. The minimum absolute atomic E-state index is 0.283. The van der Waals surface area contributed by atoms with Crippen molar-refractivity contribution in [3.63, 3.8) is 0 Å². The second-order valence-corrected chi connectivity index (χ2v) is 5.99. The number of benzene rings is 2. The summed E-state index contributed by atoms with van der Waals surface area (Å²) in [6, 6.07) is 15.7. The van der Waals surface area contributed by atoms with Crippen LogP contribution in [0.3, 0.4) is 0 Å². The normalized spacial score (nSPS) is 17.0. The minimum atomic E-state index is 0.283. The Morgan fingerprint density at radius 2 is 1.86 bits per heavy atom. The Bertz CT molecular complexity index is 631. The molecule has 0 amide bonds. The molecule has 3 heteroatoms. The number of hydrogen-bond donors (Lipinski definition) is 1. The van der Waals surface area contributed by atoms with Crippen molar-refractivity contribution in [2.45, 2.75) is 19.5 Å². The SMILES string of the molecule is Cc1ccc2c(c1)C(CN)N(c1ccc(N(C)C)cc1)C2. The predicted molar refractivity (Wildman–Crippen MR) is 89.9 cm³/mol. The van der Waals surface area contributed by atoms with Crippen molar-refractivity contribution in [2.75, 3.05) is 30.4 Å². The van der Waals surface area contributed by atoms with Crippen molar-refractivity contribution >= 4 is 11.4 Å². The standard InChI is InChI=1S/C18H23N3/c1-13-4-5-14-12-21(18(11-19)17(14)10-13)16-8-6-15(7-9-16)20(2)3/h4-10,18H,11-12,19H2,1-3H3. The first-order valence-electron chi connectivity index (χ1n) is 7.43. The van der Waals surface area contributed by atoms with Crippen LogP contribution in [0.25, 0.3) is 0 Å². The van der Waals surface area contributed by atoms with E-state index < -0.39 is 0 Å². The summed E-state index contributed by atoms with van der Waals surface area (Å²) in [6.07, 6.45) is 0. The Hall–Kier alpha value is -2.00. The van der Waals surface area contributed by atoms with Crippen molar-refractivity contribution in [3.8, 4) is 0 Å². The summed E-state index contributed by atoms with van der Waals surface area (Å²) in [5.41, 5.74) is 12.6. The molecule has 21 heavy (non-hydrogen) atoms. The van der Waals surface area contributed by atoms with Gasteiger partial charge in [-0.2, -0.15) is 0 Å². The average molecular weight is 281 g/mol. The Morgan fingerprint density at radius 3 is 2.48 bits per heavy atom. The van der Waals surface area contributed by atoms with Gasteiger partial charge < -0.3 is 15.5 Å². The lowest BCUT2D eigenvalue weighted by atomic mass is 10.0. The molecule has 0 aromatic heterocycles. The van der Waals surface area contributed by atoms with Gasteiger partial charge in [0.05, 0.1) is 6.04 Å². The summed E-state index contributed by atoms with van der Waals surface area (Å²) < 4.78 is 0. The molecule has 3 rings (SSSR count). The van der Waals surface area contributed by atoms with Crippen molar-refractivity contribution in [3.05, 3.63) is 59.2 Å². The van der Waals surface area contributed by atoms with Gasteiger partial charge in [0.2, 0.25) is 0 Å². The van der Waals surface area contributed by atoms with E-state index >= 15 is 0 Å². The third kappa shape index (κ3) is 2.49. The lowest BCUT2D eigenvalue weighted by molar-refractivity contribution is 0.679. The number of fused-ring (bicyclic) bond motifs is 1. The van der Waals surface area contributed by atoms with Gasteiger partial charge in [-0.05, 0) is 42.3 Å². The van der Waals surface area contributed by atoms with Gasteiger partial charge in [-0.3, -0.25) is 0 Å². The maximum absolute atomic E-state index is 6.05. The molecule has 110 valence electrons. The summed E-state index contributed by atoms with van der Waals surface area (Å²) in [5.74, 6) is 0.